The Kier molecular flexibility index (Phi) is 5.11. The average molecular weight is 347 g/mol. The van der Waals surface area contributed by atoms with Gasteiger partial charge < -0.3 is 10.1 Å². The lowest BCUT2D eigenvalue weighted by atomic mass is 10.2. The number of rotatable bonds is 4. The Morgan fingerprint density at radius 2 is 2.16 bits per heavy atom. The van der Waals surface area contributed by atoms with Gasteiger partial charge in [-0.1, -0.05) is 24.4 Å². The highest BCUT2D eigenvalue weighted by Crippen LogP contribution is 2.28. The third-order valence-electron chi connectivity index (χ3n) is 3.27. The Morgan fingerprint density at radius 1 is 1.47 bits per heavy atom. The van der Waals surface area contributed by atoms with Gasteiger partial charge in [0.15, 0.2) is 6.10 Å². The zero-order valence-electron chi connectivity index (χ0n) is 10.8. The summed E-state index contributed by atoms with van der Waals surface area (Å²) in [6.07, 6.45) is 4.02. The first-order chi connectivity index (χ1) is 9.06. The van der Waals surface area contributed by atoms with E-state index in [9.17, 15) is 4.79 Å². The van der Waals surface area contributed by atoms with Crippen molar-refractivity contribution in [1.82, 2.24) is 5.32 Å². The third-order valence-corrected chi connectivity index (χ3v) is 4.12. The molecule has 1 saturated carbocycles. The van der Waals surface area contributed by atoms with Crippen LogP contribution in [0, 0.1) is 0 Å². The van der Waals surface area contributed by atoms with E-state index in [1.165, 1.54) is 12.8 Å². The standard InChI is InChI=1S/C14H17BrClNO2/c1-9(14(18)17-11-4-2-3-5-11)19-13-7-6-10(16)8-12(13)15/h6-9,11H,2-5H2,1H3,(H,17,18). The van der Waals surface area contributed by atoms with Crippen molar-refractivity contribution in [3.63, 3.8) is 0 Å². The predicted molar refractivity (Wildman–Crippen MR) is 79.6 cm³/mol. The van der Waals surface area contributed by atoms with Crippen molar-refractivity contribution in [3.8, 4) is 5.75 Å². The highest BCUT2D eigenvalue weighted by atomic mass is 79.9. The number of hydrogen-bond acceptors (Lipinski definition) is 2. The van der Waals surface area contributed by atoms with E-state index in [2.05, 4.69) is 21.2 Å². The Morgan fingerprint density at radius 3 is 2.79 bits per heavy atom. The summed E-state index contributed by atoms with van der Waals surface area (Å²) in [5.41, 5.74) is 0. The van der Waals surface area contributed by atoms with Crippen molar-refractivity contribution < 1.29 is 9.53 Å². The first-order valence-corrected chi connectivity index (χ1v) is 7.65. The first-order valence-electron chi connectivity index (χ1n) is 6.48. The van der Waals surface area contributed by atoms with Crippen molar-refractivity contribution in [2.45, 2.75) is 44.8 Å². The minimum Gasteiger partial charge on any atom is -0.480 e. The van der Waals surface area contributed by atoms with Crippen LogP contribution in [-0.2, 0) is 4.79 Å². The maximum Gasteiger partial charge on any atom is 0.260 e. The molecule has 1 aromatic rings. The minimum absolute atomic E-state index is 0.0613. The van der Waals surface area contributed by atoms with Crippen LogP contribution in [0.2, 0.25) is 5.02 Å². The summed E-state index contributed by atoms with van der Waals surface area (Å²) in [5, 5.41) is 3.65. The molecule has 1 aromatic carbocycles. The SMILES string of the molecule is CC(Oc1ccc(Cl)cc1Br)C(=O)NC1CCCC1. The van der Waals surface area contributed by atoms with E-state index in [-0.39, 0.29) is 5.91 Å². The Bertz CT molecular complexity index is 461. The molecule has 0 spiro atoms. The van der Waals surface area contributed by atoms with Crippen molar-refractivity contribution in [2.75, 3.05) is 0 Å². The second-order valence-electron chi connectivity index (χ2n) is 4.82. The molecule has 19 heavy (non-hydrogen) atoms. The molecule has 1 aliphatic carbocycles. The maximum atomic E-state index is 12.0. The molecule has 1 unspecified atom stereocenters. The van der Waals surface area contributed by atoms with E-state index in [1.54, 1.807) is 25.1 Å². The summed E-state index contributed by atoms with van der Waals surface area (Å²) in [7, 11) is 0. The molecule has 2 rings (SSSR count). The van der Waals surface area contributed by atoms with Crippen LogP contribution in [-0.4, -0.2) is 18.1 Å². The summed E-state index contributed by atoms with van der Waals surface area (Å²) >= 11 is 9.24. The largest absolute Gasteiger partial charge is 0.480 e. The van der Waals surface area contributed by atoms with Gasteiger partial charge in [0, 0.05) is 11.1 Å². The van der Waals surface area contributed by atoms with Gasteiger partial charge in [-0.3, -0.25) is 4.79 Å². The zero-order chi connectivity index (χ0) is 13.8. The van der Waals surface area contributed by atoms with E-state index >= 15 is 0 Å². The molecule has 0 saturated heterocycles. The topological polar surface area (TPSA) is 38.3 Å². The lowest BCUT2D eigenvalue weighted by Crippen LogP contribution is -2.41. The Hall–Kier alpha value is -0.740. The molecule has 0 radical (unpaired) electrons. The minimum atomic E-state index is -0.516. The summed E-state index contributed by atoms with van der Waals surface area (Å²) in [6, 6.07) is 5.56. The summed E-state index contributed by atoms with van der Waals surface area (Å²) in [5.74, 6) is 0.562. The van der Waals surface area contributed by atoms with Crippen molar-refractivity contribution in [2.24, 2.45) is 0 Å². The number of nitrogens with one attached hydrogen (secondary N) is 1. The molecule has 5 heteroatoms. The summed E-state index contributed by atoms with van der Waals surface area (Å²) < 4.78 is 6.41. The van der Waals surface area contributed by atoms with Crippen LogP contribution in [0.4, 0.5) is 0 Å². The number of halogens is 2. The molecule has 1 N–H and O–H groups in total. The van der Waals surface area contributed by atoms with Crippen LogP contribution in [0.1, 0.15) is 32.6 Å². The number of carbonyl (C=O) groups excluding carboxylic acids is 1. The van der Waals surface area contributed by atoms with E-state index < -0.39 is 6.10 Å². The normalized spacial score (nSPS) is 17.2. The van der Waals surface area contributed by atoms with Gasteiger partial charge in [-0.25, -0.2) is 0 Å². The fraction of sp³-hybridized carbons (Fsp3) is 0.500. The monoisotopic (exact) mass is 345 g/mol. The van der Waals surface area contributed by atoms with Gasteiger partial charge in [0.1, 0.15) is 5.75 Å². The molecule has 1 amide bonds. The molecule has 3 nitrogen and oxygen atoms in total. The molecular weight excluding hydrogens is 330 g/mol. The first kappa shape index (κ1) is 14.7. The van der Waals surface area contributed by atoms with Gasteiger partial charge in [-0.15, -0.1) is 0 Å². The number of ether oxygens (including phenoxy) is 1. The predicted octanol–water partition coefficient (Wildman–Crippen LogP) is 3.93. The highest BCUT2D eigenvalue weighted by molar-refractivity contribution is 9.10. The number of carbonyl (C=O) groups is 1. The molecule has 0 aromatic heterocycles. The molecule has 0 heterocycles. The van der Waals surface area contributed by atoms with Crippen molar-refractivity contribution >= 4 is 33.4 Å². The van der Waals surface area contributed by atoms with Gasteiger partial charge in [-0.05, 0) is 53.9 Å². The van der Waals surface area contributed by atoms with Crippen LogP contribution < -0.4 is 10.1 Å². The quantitative estimate of drug-likeness (QED) is 0.897. The van der Waals surface area contributed by atoms with Crippen LogP contribution in [0.3, 0.4) is 0 Å². The summed E-state index contributed by atoms with van der Waals surface area (Å²) in [6.45, 7) is 1.76. The second-order valence-corrected chi connectivity index (χ2v) is 6.12. The zero-order valence-corrected chi connectivity index (χ0v) is 13.1. The highest BCUT2D eigenvalue weighted by Gasteiger charge is 2.22. The average Bonchev–Trinajstić information content (AvgIpc) is 2.85. The van der Waals surface area contributed by atoms with E-state index in [0.29, 0.717) is 16.8 Å². The van der Waals surface area contributed by atoms with Crippen LogP contribution >= 0.6 is 27.5 Å². The summed E-state index contributed by atoms with van der Waals surface area (Å²) in [4.78, 5) is 12.0. The fourth-order valence-electron chi connectivity index (χ4n) is 2.20. The number of hydrogen-bond donors (Lipinski definition) is 1. The van der Waals surface area contributed by atoms with Gasteiger partial charge in [0.25, 0.3) is 5.91 Å². The van der Waals surface area contributed by atoms with Crippen LogP contribution in [0.25, 0.3) is 0 Å². The van der Waals surface area contributed by atoms with E-state index in [0.717, 1.165) is 17.3 Å². The smallest absolute Gasteiger partial charge is 0.260 e. The maximum absolute atomic E-state index is 12.0. The van der Waals surface area contributed by atoms with Crippen LogP contribution in [0.15, 0.2) is 22.7 Å². The van der Waals surface area contributed by atoms with Gasteiger partial charge in [0.05, 0.1) is 4.47 Å². The second kappa shape index (κ2) is 6.62. The Labute approximate surface area is 126 Å². The van der Waals surface area contributed by atoms with Crippen molar-refractivity contribution in [3.05, 3.63) is 27.7 Å². The van der Waals surface area contributed by atoms with Gasteiger partial charge in [0.2, 0.25) is 0 Å². The lowest BCUT2D eigenvalue weighted by molar-refractivity contribution is -0.127. The van der Waals surface area contributed by atoms with E-state index in [4.69, 9.17) is 16.3 Å². The van der Waals surface area contributed by atoms with Crippen LogP contribution in [0.5, 0.6) is 5.75 Å². The molecule has 0 aliphatic heterocycles. The number of benzene rings is 1. The molecule has 1 aliphatic rings. The lowest BCUT2D eigenvalue weighted by Gasteiger charge is -2.18. The molecule has 1 fully saturated rings. The molecular formula is C14H17BrClNO2. The van der Waals surface area contributed by atoms with Crippen molar-refractivity contribution in [1.29, 1.82) is 0 Å². The third kappa shape index (κ3) is 4.11. The Balaban J connectivity index is 1.92. The van der Waals surface area contributed by atoms with E-state index in [1.807, 2.05) is 0 Å². The number of amides is 1. The molecule has 1 atom stereocenters. The fourth-order valence-corrected chi connectivity index (χ4v) is 2.98. The molecule has 104 valence electrons. The molecule has 0 bridgehead atoms. The van der Waals surface area contributed by atoms with Gasteiger partial charge >= 0.3 is 0 Å². The van der Waals surface area contributed by atoms with Gasteiger partial charge in [-0.2, -0.15) is 0 Å².